The SMILES string of the molecule is O/N=C1/CCCc2c(OCc3cccc(F)c3)cccc21. The molecular weight excluding hydrogens is 269 g/mol. The average Bonchev–Trinajstić information content (AvgIpc) is 2.52. The first kappa shape index (κ1) is 13.6. The minimum atomic E-state index is -0.263. The molecule has 2 aromatic rings. The quantitative estimate of drug-likeness (QED) is 0.686. The van der Waals surface area contributed by atoms with Crippen LogP contribution in [0.15, 0.2) is 47.6 Å². The third-order valence-corrected chi connectivity index (χ3v) is 3.69. The fourth-order valence-electron chi connectivity index (χ4n) is 2.69. The highest BCUT2D eigenvalue weighted by Crippen LogP contribution is 2.30. The van der Waals surface area contributed by atoms with Crippen LogP contribution in [0.25, 0.3) is 0 Å². The summed E-state index contributed by atoms with van der Waals surface area (Å²) in [5.41, 5.74) is 3.50. The molecule has 1 aliphatic carbocycles. The lowest BCUT2D eigenvalue weighted by Gasteiger charge is -2.20. The molecule has 0 amide bonds. The molecule has 3 nitrogen and oxygen atoms in total. The molecule has 21 heavy (non-hydrogen) atoms. The van der Waals surface area contributed by atoms with Crippen LogP contribution in [0.3, 0.4) is 0 Å². The number of rotatable bonds is 3. The van der Waals surface area contributed by atoms with Crippen molar-refractivity contribution in [3.63, 3.8) is 0 Å². The molecule has 0 fully saturated rings. The van der Waals surface area contributed by atoms with Gasteiger partial charge >= 0.3 is 0 Å². The number of hydrogen-bond donors (Lipinski definition) is 1. The van der Waals surface area contributed by atoms with E-state index in [4.69, 9.17) is 9.94 Å². The summed E-state index contributed by atoms with van der Waals surface area (Å²) in [5, 5.41) is 12.4. The molecule has 0 aliphatic heterocycles. The van der Waals surface area contributed by atoms with Crippen molar-refractivity contribution in [2.24, 2.45) is 5.16 Å². The number of benzene rings is 2. The van der Waals surface area contributed by atoms with Gasteiger partial charge in [0.2, 0.25) is 0 Å². The molecular formula is C17H16FNO2. The minimum Gasteiger partial charge on any atom is -0.489 e. The standard InChI is InChI=1S/C17H16FNO2/c18-13-5-1-4-12(10-13)11-21-17-9-3-6-14-15(17)7-2-8-16(14)19-20/h1,3-6,9-10,20H,2,7-8,11H2/b19-16-. The van der Waals surface area contributed by atoms with Crippen LogP contribution >= 0.6 is 0 Å². The minimum absolute atomic E-state index is 0.263. The highest BCUT2D eigenvalue weighted by Gasteiger charge is 2.19. The Balaban J connectivity index is 1.83. The number of halogens is 1. The van der Waals surface area contributed by atoms with E-state index in [2.05, 4.69) is 5.16 Å². The zero-order valence-electron chi connectivity index (χ0n) is 11.6. The molecule has 108 valence electrons. The third-order valence-electron chi connectivity index (χ3n) is 3.69. The van der Waals surface area contributed by atoms with Gasteiger partial charge in [0.15, 0.2) is 0 Å². The third kappa shape index (κ3) is 2.89. The maximum atomic E-state index is 13.2. The fourth-order valence-corrected chi connectivity index (χ4v) is 2.69. The van der Waals surface area contributed by atoms with Gasteiger partial charge in [-0.3, -0.25) is 0 Å². The van der Waals surface area contributed by atoms with Crippen molar-refractivity contribution < 1.29 is 14.3 Å². The molecule has 0 saturated heterocycles. The van der Waals surface area contributed by atoms with Crippen molar-refractivity contribution >= 4 is 5.71 Å². The molecule has 0 bridgehead atoms. The van der Waals surface area contributed by atoms with Crippen molar-refractivity contribution in [3.8, 4) is 5.75 Å². The maximum absolute atomic E-state index is 13.2. The van der Waals surface area contributed by atoms with Gasteiger partial charge in [0.1, 0.15) is 18.2 Å². The Hall–Kier alpha value is -2.36. The molecule has 0 saturated carbocycles. The predicted octanol–water partition coefficient (Wildman–Crippen LogP) is 3.92. The average molecular weight is 285 g/mol. The molecule has 1 aliphatic rings. The van der Waals surface area contributed by atoms with Crippen LogP contribution in [0.2, 0.25) is 0 Å². The molecule has 2 aromatic carbocycles. The molecule has 1 N–H and O–H groups in total. The van der Waals surface area contributed by atoms with Gasteiger partial charge in [-0.25, -0.2) is 4.39 Å². The second kappa shape index (κ2) is 5.95. The molecule has 0 unspecified atom stereocenters. The summed E-state index contributed by atoms with van der Waals surface area (Å²) in [7, 11) is 0. The van der Waals surface area contributed by atoms with Crippen LogP contribution in [-0.4, -0.2) is 10.9 Å². The smallest absolute Gasteiger partial charge is 0.123 e. The van der Waals surface area contributed by atoms with E-state index in [0.29, 0.717) is 12.3 Å². The largest absolute Gasteiger partial charge is 0.489 e. The Morgan fingerprint density at radius 1 is 1.14 bits per heavy atom. The first-order valence-electron chi connectivity index (χ1n) is 6.98. The summed E-state index contributed by atoms with van der Waals surface area (Å²) in [6.07, 6.45) is 2.61. The first-order valence-corrected chi connectivity index (χ1v) is 6.98. The monoisotopic (exact) mass is 285 g/mol. The van der Waals surface area contributed by atoms with Crippen LogP contribution in [0.1, 0.15) is 29.5 Å². The van der Waals surface area contributed by atoms with Gasteiger partial charge in [-0.15, -0.1) is 0 Å². The lowest BCUT2D eigenvalue weighted by Crippen LogP contribution is -2.13. The summed E-state index contributed by atoms with van der Waals surface area (Å²) in [6.45, 7) is 0.319. The van der Waals surface area contributed by atoms with Crippen molar-refractivity contribution in [1.82, 2.24) is 0 Å². The van der Waals surface area contributed by atoms with Gasteiger partial charge in [0.05, 0.1) is 5.71 Å². The van der Waals surface area contributed by atoms with Crippen LogP contribution in [0.5, 0.6) is 5.75 Å². The van der Waals surface area contributed by atoms with Crippen LogP contribution in [0.4, 0.5) is 4.39 Å². The summed E-state index contributed by atoms with van der Waals surface area (Å²) in [4.78, 5) is 0. The molecule has 0 radical (unpaired) electrons. The second-order valence-corrected chi connectivity index (χ2v) is 5.10. The molecule has 3 rings (SSSR count). The highest BCUT2D eigenvalue weighted by atomic mass is 19.1. The number of oxime groups is 1. The number of ether oxygens (including phenoxy) is 1. The van der Waals surface area contributed by atoms with Gasteiger partial charge in [0, 0.05) is 11.1 Å². The highest BCUT2D eigenvalue weighted by molar-refractivity contribution is 6.02. The second-order valence-electron chi connectivity index (χ2n) is 5.10. The normalized spacial score (nSPS) is 15.8. The van der Waals surface area contributed by atoms with Crippen molar-refractivity contribution in [3.05, 3.63) is 65.0 Å². The van der Waals surface area contributed by atoms with Crippen molar-refractivity contribution in [2.45, 2.75) is 25.9 Å². The summed E-state index contributed by atoms with van der Waals surface area (Å²) >= 11 is 0. The summed E-state index contributed by atoms with van der Waals surface area (Å²) in [5.74, 6) is 0.513. The van der Waals surface area contributed by atoms with E-state index in [0.717, 1.165) is 41.7 Å². The van der Waals surface area contributed by atoms with Gasteiger partial charge in [0.25, 0.3) is 0 Å². The summed E-state index contributed by atoms with van der Waals surface area (Å²) < 4.78 is 19.0. The van der Waals surface area contributed by atoms with Crippen molar-refractivity contribution in [2.75, 3.05) is 0 Å². The van der Waals surface area contributed by atoms with Crippen LogP contribution in [0, 0.1) is 5.82 Å². The molecule has 0 aromatic heterocycles. The lowest BCUT2D eigenvalue weighted by atomic mass is 9.89. The topological polar surface area (TPSA) is 41.8 Å². The molecule has 0 spiro atoms. The summed E-state index contributed by atoms with van der Waals surface area (Å²) in [6, 6.07) is 12.1. The van der Waals surface area contributed by atoms with Gasteiger partial charge in [-0.05, 0) is 43.0 Å². The van der Waals surface area contributed by atoms with E-state index in [1.807, 2.05) is 24.3 Å². The van der Waals surface area contributed by atoms with Crippen molar-refractivity contribution in [1.29, 1.82) is 0 Å². The van der Waals surface area contributed by atoms with E-state index in [9.17, 15) is 4.39 Å². The van der Waals surface area contributed by atoms with E-state index >= 15 is 0 Å². The van der Waals surface area contributed by atoms with Gasteiger partial charge in [-0.2, -0.15) is 0 Å². The van der Waals surface area contributed by atoms with E-state index in [1.54, 1.807) is 6.07 Å². The zero-order valence-corrected chi connectivity index (χ0v) is 11.6. The maximum Gasteiger partial charge on any atom is 0.123 e. The Kier molecular flexibility index (Phi) is 3.86. The zero-order chi connectivity index (χ0) is 14.7. The Bertz CT molecular complexity index is 682. The Labute approximate surface area is 122 Å². The first-order chi connectivity index (χ1) is 10.3. The molecule has 0 atom stereocenters. The lowest BCUT2D eigenvalue weighted by molar-refractivity contribution is 0.301. The van der Waals surface area contributed by atoms with E-state index in [-0.39, 0.29) is 5.82 Å². The Morgan fingerprint density at radius 2 is 2.00 bits per heavy atom. The van der Waals surface area contributed by atoms with Gasteiger partial charge in [-0.1, -0.05) is 29.4 Å². The predicted molar refractivity (Wildman–Crippen MR) is 78.4 cm³/mol. The molecule has 0 heterocycles. The fraction of sp³-hybridized carbons (Fsp3) is 0.235. The van der Waals surface area contributed by atoms with E-state index < -0.39 is 0 Å². The number of hydrogen-bond acceptors (Lipinski definition) is 3. The van der Waals surface area contributed by atoms with Gasteiger partial charge < -0.3 is 9.94 Å². The number of fused-ring (bicyclic) bond motifs is 1. The van der Waals surface area contributed by atoms with E-state index in [1.165, 1.54) is 12.1 Å². The molecule has 4 heteroatoms. The van der Waals surface area contributed by atoms with Crippen LogP contribution in [-0.2, 0) is 13.0 Å². The Morgan fingerprint density at radius 3 is 2.81 bits per heavy atom. The van der Waals surface area contributed by atoms with Crippen LogP contribution < -0.4 is 4.74 Å². The number of nitrogens with zero attached hydrogens (tertiary/aromatic N) is 1.